The van der Waals surface area contributed by atoms with Crippen molar-refractivity contribution in [1.82, 2.24) is 15.1 Å². The first kappa shape index (κ1) is 13.9. The zero-order chi connectivity index (χ0) is 15.0. The predicted molar refractivity (Wildman–Crippen MR) is 82.4 cm³/mol. The van der Waals surface area contributed by atoms with E-state index in [1.807, 2.05) is 25.2 Å². The van der Waals surface area contributed by atoms with Crippen LogP contribution in [0.2, 0.25) is 5.02 Å². The van der Waals surface area contributed by atoms with Crippen molar-refractivity contribution in [3.8, 4) is 0 Å². The Bertz CT molecular complexity index is 682. The highest BCUT2D eigenvalue weighted by Gasteiger charge is 2.34. The molecule has 2 aromatic rings. The average Bonchev–Trinajstić information content (AvgIpc) is 2.99. The molecular weight excluding hydrogens is 288 g/mol. The number of carbonyl (C=O) groups is 1. The molecule has 1 unspecified atom stereocenters. The number of para-hydroxylation sites is 1. The minimum atomic E-state index is -0.217. The number of rotatable bonds is 3. The lowest BCUT2D eigenvalue weighted by Gasteiger charge is -2.25. The van der Waals surface area contributed by atoms with Gasteiger partial charge in [-0.1, -0.05) is 29.8 Å². The lowest BCUT2D eigenvalue weighted by molar-refractivity contribution is -0.121. The van der Waals surface area contributed by atoms with Crippen LogP contribution in [-0.4, -0.2) is 28.8 Å². The van der Waals surface area contributed by atoms with Gasteiger partial charge in [-0.05, 0) is 11.6 Å². The van der Waals surface area contributed by atoms with Crippen molar-refractivity contribution in [2.24, 2.45) is 7.05 Å². The van der Waals surface area contributed by atoms with Crippen LogP contribution in [0.5, 0.6) is 0 Å². The number of hydrogen-bond acceptors (Lipinski definition) is 3. The molecule has 0 fully saturated rings. The summed E-state index contributed by atoms with van der Waals surface area (Å²) in [5.74, 6) is 0.0123. The molecule has 21 heavy (non-hydrogen) atoms. The second-order valence-corrected chi connectivity index (χ2v) is 5.60. The first-order chi connectivity index (χ1) is 10.1. The van der Waals surface area contributed by atoms with Gasteiger partial charge in [-0.25, -0.2) is 0 Å². The van der Waals surface area contributed by atoms with Gasteiger partial charge in [-0.3, -0.25) is 9.48 Å². The topological polar surface area (TPSA) is 50.2 Å². The van der Waals surface area contributed by atoms with Gasteiger partial charge < -0.3 is 10.2 Å². The summed E-state index contributed by atoms with van der Waals surface area (Å²) in [6.45, 7) is 0.523. The Morgan fingerprint density at radius 1 is 1.48 bits per heavy atom. The number of anilines is 1. The fourth-order valence-electron chi connectivity index (χ4n) is 2.82. The molecule has 1 atom stereocenters. The Hall–Kier alpha value is -2.01. The summed E-state index contributed by atoms with van der Waals surface area (Å²) >= 11 is 6.20. The Kier molecular flexibility index (Phi) is 3.59. The molecule has 0 bridgehead atoms. The summed E-state index contributed by atoms with van der Waals surface area (Å²) in [6, 6.07) is 7.86. The largest absolute Gasteiger partial charge is 0.357 e. The molecule has 1 aromatic carbocycles. The monoisotopic (exact) mass is 304 g/mol. The van der Waals surface area contributed by atoms with Gasteiger partial charge in [-0.2, -0.15) is 5.10 Å². The molecule has 0 saturated carbocycles. The van der Waals surface area contributed by atoms with Crippen molar-refractivity contribution in [3.63, 3.8) is 0 Å². The molecule has 0 aliphatic carbocycles. The van der Waals surface area contributed by atoms with E-state index in [1.165, 1.54) is 5.56 Å². The van der Waals surface area contributed by atoms with Crippen LogP contribution in [0.15, 0.2) is 30.5 Å². The van der Waals surface area contributed by atoms with Crippen molar-refractivity contribution in [3.05, 3.63) is 46.7 Å². The minimum Gasteiger partial charge on any atom is -0.357 e. The van der Waals surface area contributed by atoms with Crippen LogP contribution in [0.4, 0.5) is 5.69 Å². The number of nitrogens with one attached hydrogen (secondary N) is 1. The summed E-state index contributed by atoms with van der Waals surface area (Å²) in [4.78, 5) is 14.2. The first-order valence-corrected chi connectivity index (χ1v) is 7.22. The van der Waals surface area contributed by atoms with Gasteiger partial charge in [0.2, 0.25) is 5.91 Å². The Morgan fingerprint density at radius 3 is 2.90 bits per heavy atom. The number of amides is 1. The number of aromatic nitrogens is 2. The van der Waals surface area contributed by atoms with Gasteiger partial charge >= 0.3 is 0 Å². The molecule has 6 heteroatoms. The summed E-state index contributed by atoms with van der Waals surface area (Å²) < 4.78 is 1.69. The summed E-state index contributed by atoms with van der Waals surface area (Å²) in [5, 5.41) is 7.74. The van der Waals surface area contributed by atoms with E-state index in [4.69, 9.17) is 11.6 Å². The predicted octanol–water partition coefficient (Wildman–Crippen LogP) is 1.75. The first-order valence-electron chi connectivity index (χ1n) is 6.84. The smallest absolute Gasteiger partial charge is 0.242 e. The van der Waals surface area contributed by atoms with Gasteiger partial charge in [-0.15, -0.1) is 0 Å². The van der Waals surface area contributed by atoms with E-state index in [2.05, 4.69) is 21.4 Å². The number of hydrogen-bond donors (Lipinski definition) is 1. The number of nitrogens with zero attached hydrogens (tertiary/aromatic N) is 3. The number of benzene rings is 1. The Labute approximate surface area is 128 Å². The molecule has 110 valence electrons. The molecular formula is C15H17ClN4O. The van der Waals surface area contributed by atoms with Crippen LogP contribution >= 0.6 is 11.6 Å². The maximum absolute atomic E-state index is 12.2. The van der Waals surface area contributed by atoms with E-state index in [0.29, 0.717) is 18.0 Å². The molecule has 1 aliphatic rings. The quantitative estimate of drug-likeness (QED) is 0.940. The highest BCUT2D eigenvalue weighted by atomic mass is 35.5. The van der Waals surface area contributed by atoms with Crippen LogP contribution in [0.1, 0.15) is 11.3 Å². The van der Waals surface area contributed by atoms with Gasteiger partial charge in [0.1, 0.15) is 11.7 Å². The van der Waals surface area contributed by atoms with Crippen molar-refractivity contribution in [1.29, 1.82) is 0 Å². The molecule has 0 radical (unpaired) electrons. The Morgan fingerprint density at radius 2 is 2.24 bits per heavy atom. The molecule has 1 amide bonds. The summed E-state index contributed by atoms with van der Waals surface area (Å²) in [5.41, 5.74) is 3.04. The lowest BCUT2D eigenvalue weighted by atomic mass is 10.1. The molecule has 2 heterocycles. The number of aryl methyl sites for hydroxylation is 1. The third kappa shape index (κ3) is 2.49. The molecule has 3 rings (SSSR count). The maximum Gasteiger partial charge on any atom is 0.242 e. The van der Waals surface area contributed by atoms with E-state index in [9.17, 15) is 4.79 Å². The molecule has 1 N–H and O–H groups in total. The fraction of sp³-hybridized carbons (Fsp3) is 0.333. The van der Waals surface area contributed by atoms with Crippen molar-refractivity contribution < 1.29 is 4.79 Å². The van der Waals surface area contributed by atoms with Crippen molar-refractivity contribution >= 4 is 23.2 Å². The average molecular weight is 305 g/mol. The van der Waals surface area contributed by atoms with Crippen LogP contribution in [0, 0.1) is 0 Å². The second-order valence-electron chi connectivity index (χ2n) is 5.19. The van der Waals surface area contributed by atoms with Gasteiger partial charge in [0, 0.05) is 32.4 Å². The van der Waals surface area contributed by atoms with Crippen LogP contribution in [0.3, 0.4) is 0 Å². The number of fused-ring (bicyclic) bond motifs is 1. The van der Waals surface area contributed by atoms with Crippen LogP contribution < -0.4 is 10.2 Å². The van der Waals surface area contributed by atoms with Crippen molar-refractivity contribution in [2.45, 2.75) is 19.0 Å². The maximum atomic E-state index is 12.2. The second kappa shape index (κ2) is 5.41. The van der Waals surface area contributed by atoms with Crippen molar-refractivity contribution in [2.75, 3.05) is 11.9 Å². The molecule has 0 spiro atoms. The highest BCUT2D eigenvalue weighted by molar-refractivity contribution is 6.31. The summed E-state index contributed by atoms with van der Waals surface area (Å²) in [7, 11) is 3.50. The van der Waals surface area contributed by atoms with E-state index in [-0.39, 0.29) is 11.9 Å². The molecule has 0 saturated heterocycles. The number of likely N-dealkylation sites (N-methyl/N-ethyl adjacent to an activating group) is 1. The van der Waals surface area contributed by atoms with Gasteiger partial charge in [0.25, 0.3) is 0 Å². The van der Waals surface area contributed by atoms with Gasteiger partial charge in [0.15, 0.2) is 0 Å². The molecule has 1 aromatic heterocycles. The van der Waals surface area contributed by atoms with E-state index in [1.54, 1.807) is 17.9 Å². The van der Waals surface area contributed by atoms with E-state index >= 15 is 0 Å². The standard InChI is InChI=1S/C15H17ClN4O/c1-17-15(21)14-7-10-5-3-4-6-13(10)20(14)9-12-11(16)8-19(2)18-12/h3-6,8,14H,7,9H2,1-2H3,(H,17,21). The number of halogens is 1. The van der Waals surface area contributed by atoms with Crippen LogP contribution in [-0.2, 0) is 24.8 Å². The van der Waals surface area contributed by atoms with E-state index in [0.717, 1.165) is 11.4 Å². The molecule has 1 aliphatic heterocycles. The Balaban J connectivity index is 1.95. The zero-order valence-electron chi connectivity index (χ0n) is 12.0. The van der Waals surface area contributed by atoms with Gasteiger partial charge in [0.05, 0.1) is 11.6 Å². The summed E-state index contributed by atoms with van der Waals surface area (Å²) in [6.07, 6.45) is 2.48. The minimum absolute atomic E-state index is 0.0123. The number of carbonyl (C=O) groups excluding carboxylic acids is 1. The van der Waals surface area contributed by atoms with E-state index < -0.39 is 0 Å². The lowest BCUT2D eigenvalue weighted by Crippen LogP contribution is -2.43. The highest BCUT2D eigenvalue weighted by Crippen LogP contribution is 2.34. The fourth-order valence-corrected chi connectivity index (χ4v) is 3.06. The van der Waals surface area contributed by atoms with Crippen LogP contribution in [0.25, 0.3) is 0 Å². The third-order valence-electron chi connectivity index (χ3n) is 3.81. The zero-order valence-corrected chi connectivity index (χ0v) is 12.8. The normalized spacial score (nSPS) is 16.9. The SMILES string of the molecule is CNC(=O)C1Cc2ccccc2N1Cc1nn(C)cc1Cl. The third-order valence-corrected chi connectivity index (χ3v) is 4.13. The molecule has 5 nitrogen and oxygen atoms in total.